The highest BCUT2D eigenvalue weighted by Crippen LogP contribution is 2.14. The number of nitrogens with zero attached hydrogens (tertiary/aromatic N) is 3. The van der Waals surface area contributed by atoms with E-state index in [0.29, 0.717) is 18.7 Å². The Morgan fingerprint density at radius 1 is 1.11 bits per heavy atom. The van der Waals surface area contributed by atoms with Gasteiger partial charge in [-0.3, -0.25) is 0 Å². The maximum absolute atomic E-state index is 5.67. The van der Waals surface area contributed by atoms with Gasteiger partial charge in [0.05, 0.1) is 6.61 Å². The van der Waals surface area contributed by atoms with Crippen LogP contribution in [0.5, 0.6) is 5.75 Å². The van der Waals surface area contributed by atoms with Gasteiger partial charge in [0.2, 0.25) is 0 Å². The molecule has 18 heavy (non-hydrogen) atoms. The largest absolute Gasteiger partial charge is 0.493 e. The smallest absolute Gasteiger partial charge is 0.135 e. The van der Waals surface area contributed by atoms with Crippen LogP contribution in [0.4, 0.5) is 5.69 Å². The summed E-state index contributed by atoms with van der Waals surface area (Å²) >= 11 is 0. The molecule has 2 rings (SSSR count). The van der Waals surface area contributed by atoms with Crippen LogP contribution in [0.3, 0.4) is 0 Å². The molecule has 94 valence electrons. The quantitative estimate of drug-likeness (QED) is 0.828. The molecular formula is C13H16N4O. The minimum Gasteiger partial charge on any atom is -0.493 e. The number of nitrogen functional groups attached to an aromatic ring is 1. The third-order valence-electron chi connectivity index (χ3n) is 2.36. The van der Waals surface area contributed by atoms with Crippen molar-refractivity contribution in [1.29, 1.82) is 0 Å². The van der Waals surface area contributed by atoms with Crippen molar-refractivity contribution in [2.24, 2.45) is 0 Å². The zero-order valence-corrected chi connectivity index (χ0v) is 10.6. The SMILES string of the molecule is Cc1nc(C)nc(CCOc2cccc(N)c2)n1. The lowest BCUT2D eigenvalue weighted by Crippen LogP contribution is -2.08. The Morgan fingerprint density at radius 3 is 2.50 bits per heavy atom. The van der Waals surface area contributed by atoms with Crippen molar-refractivity contribution in [1.82, 2.24) is 15.0 Å². The Morgan fingerprint density at radius 2 is 1.83 bits per heavy atom. The minimum absolute atomic E-state index is 0.520. The van der Waals surface area contributed by atoms with Crippen LogP contribution < -0.4 is 10.5 Å². The van der Waals surface area contributed by atoms with E-state index in [-0.39, 0.29) is 0 Å². The van der Waals surface area contributed by atoms with Crippen LogP contribution in [-0.2, 0) is 6.42 Å². The molecule has 0 aliphatic heterocycles. The van der Waals surface area contributed by atoms with Gasteiger partial charge in [0, 0.05) is 18.2 Å². The average molecular weight is 244 g/mol. The molecule has 0 aliphatic carbocycles. The molecule has 0 aliphatic rings. The Labute approximate surface area is 106 Å². The van der Waals surface area contributed by atoms with Crippen molar-refractivity contribution < 1.29 is 4.74 Å². The van der Waals surface area contributed by atoms with E-state index in [2.05, 4.69) is 15.0 Å². The molecule has 1 aromatic carbocycles. The number of ether oxygens (including phenoxy) is 1. The number of hydrogen-bond donors (Lipinski definition) is 1. The Hall–Kier alpha value is -2.17. The summed E-state index contributed by atoms with van der Waals surface area (Å²) in [4.78, 5) is 12.6. The Balaban J connectivity index is 1.92. The molecule has 1 heterocycles. The van der Waals surface area contributed by atoms with Gasteiger partial charge in [0.1, 0.15) is 23.2 Å². The molecule has 5 nitrogen and oxygen atoms in total. The summed E-state index contributed by atoms with van der Waals surface area (Å²) < 4.78 is 5.59. The average Bonchev–Trinajstić information content (AvgIpc) is 2.27. The van der Waals surface area contributed by atoms with E-state index in [4.69, 9.17) is 10.5 Å². The lowest BCUT2D eigenvalue weighted by molar-refractivity contribution is 0.318. The monoisotopic (exact) mass is 244 g/mol. The predicted octanol–water partition coefficient (Wildman–Crippen LogP) is 1.69. The van der Waals surface area contributed by atoms with E-state index >= 15 is 0 Å². The molecular weight excluding hydrogens is 228 g/mol. The van der Waals surface area contributed by atoms with Crippen molar-refractivity contribution >= 4 is 5.69 Å². The summed E-state index contributed by atoms with van der Waals surface area (Å²) in [5.41, 5.74) is 6.36. The number of benzene rings is 1. The summed E-state index contributed by atoms with van der Waals surface area (Å²) in [5.74, 6) is 2.99. The molecule has 0 unspecified atom stereocenters. The van der Waals surface area contributed by atoms with Gasteiger partial charge in [-0.1, -0.05) is 6.07 Å². The number of aromatic nitrogens is 3. The standard InChI is InChI=1S/C13H16N4O/c1-9-15-10(2)17-13(16-9)6-7-18-12-5-3-4-11(14)8-12/h3-5,8H,6-7,14H2,1-2H3. The van der Waals surface area contributed by atoms with Gasteiger partial charge in [-0.15, -0.1) is 0 Å². The summed E-state index contributed by atoms with van der Waals surface area (Å²) in [5, 5.41) is 0. The second kappa shape index (κ2) is 5.44. The van der Waals surface area contributed by atoms with Gasteiger partial charge in [0.25, 0.3) is 0 Å². The summed E-state index contributed by atoms with van der Waals surface area (Å²) in [7, 11) is 0. The number of hydrogen-bond acceptors (Lipinski definition) is 5. The van der Waals surface area contributed by atoms with Crippen molar-refractivity contribution in [3.8, 4) is 5.75 Å². The van der Waals surface area contributed by atoms with E-state index in [1.165, 1.54) is 0 Å². The van der Waals surface area contributed by atoms with E-state index in [1.807, 2.05) is 32.0 Å². The van der Waals surface area contributed by atoms with Crippen LogP contribution in [0.15, 0.2) is 24.3 Å². The normalized spacial score (nSPS) is 10.3. The maximum atomic E-state index is 5.67. The first kappa shape index (κ1) is 12.3. The molecule has 0 radical (unpaired) electrons. The molecule has 5 heteroatoms. The second-order valence-corrected chi connectivity index (χ2v) is 4.02. The van der Waals surface area contributed by atoms with Crippen LogP contribution in [0.1, 0.15) is 17.5 Å². The molecule has 0 spiro atoms. The fraction of sp³-hybridized carbons (Fsp3) is 0.308. The van der Waals surface area contributed by atoms with Gasteiger partial charge in [-0.2, -0.15) is 0 Å². The highest BCUT2D eigenvalue weighted by atomic mass is 16.5. The van der Waals surface area contributed by atoms with Crippen LogP contribution in [0.2, 0.25) is 0 Å². The lowest BCUT2D eigenvalue weighted by Gasteiger charge is -2.06. The third-order valence-corrected chi connectivity index (χ3v) is 2.36. The van der Waals surface area contributed by atoms with Gasteiger partial charge in [-0.05, 0) is 26.0 Å². The van der Waals surface area contributed by atoms with Gasteiger partial charge >= 0.3 is 0 Å². The molecule has 1 aromatic heterocycles. The van der Waals surface area contributed by atoms with E-state index in [9.17, 15) is 0 Å². The molecule has 0 saturated heterocycles. The lowest BCUT2D eigenvalue weighted by atomic mass is 10.3. The number of rotatable bonds is 4. The summed E-state index contributed by atoms with van der Waals surface area (Å²) in [6.45, 7) is 4.24. The molecule has 0 atom stereocenters. The molecule has 0 bridgehead atoms. The molecule has 0 fully saturated rings. The molecule has 2 N–H and O–H groups in total. The van der Waals surface area contributed by atoms with Gasteiger partial charge < -0.3 is 10.5 Å². The first-order chi connectivity index (χ1) is 8.63. The zero-order valence-electron chi connectivity index (χ0n) is 10.6. The predicted molar refractivity (Wildman–Crippen MR) is 69.4 cm³/mol. The fourth-order valence-corrected chi connectivity index (χ4v) is 1.66. The van der Waals surface area contributed by atoms with Crippen molar-refractivity contribution in [3.05, 3.63) is 41.7 Å². The van der Waals surface area contributed by atoms with Crippen LogP contribution >= 0.6 is 0 Å². The van der Waals surface area contributed by atoms with E-state index < -0.39 is 0 Å². The Kier molecular flexibility index (Phi) is 3.72. The minimum atomic E-state index is 0.520. The summed E-state index contributed by atoms with van der Waals surface area (Å²) in [6.07, 6.45) is 0.652. The molecule has 2 aromatic rings. The summed E-state index contributed by atoms with van der Waals surface area (Å²) in [6, 6.07) is 7.36. The fourth-order valence-electron chi connectivity index (χ4n) is 1.66. The number of anilines is 1. The zero-order chi connectivity index (χ0) is 13.0. The first-order valence-corrected chi connectivity index (χ1v) is 5.80. The third kappa shape index (κ3) is 3.41. The van der Waals surface area contributed by atoms with Gasteiger partial charge in [-0.25, -0.2) is 15.0 Å². The van der Waals surface area contributed by atoms with Crippen LogP contribution in [-0.4, -0.2) is 21.6 Å². The van der Waals surface area contributed by atoms with Crippen molar-refractivity contribution in [2.45, 2.75) is 20.3 Å². The Bertz CT molecular complexity index is 522. The van der Waals surface area contributed by atoms with Crippen molar-refractivity contribution in [3.63, 3.8) is 0 Å². The maximum Gasteiger partial charge on any atom is 0.135 e. The van der Waals surface area contributed by atoms with Crippen LogP contribution in [0.25, 0.3) is 0 Å². The molecule has 0 saturated carbocycles. The number of nitrogens with two attached hydrogens (primary N) is 1. The number of aryl methyl sites for hydroxylation is 2. The van der Waals surface area contributed by atoms with Gasteiger partial charge in [0.15, 0.2) is 0 Å². The first-order valence-electron chi connectivity index (χ1n) is 5.80. The highest BCUT2D eigenvalue weighted by molar-refractivity contribution is 5.43. The van der Waals surface area contributed by atoms with E-state index in [1.54, 1.807) is 6.07 Å². The topological polar surface area (TPSA) is 73.9 Å². The highest BCUT2D eigenvalue weighted by Gasteiger charge is 2.01. The second-order valence-electron chi connectivity index (χ2n) is 4.02. The van der Waals surface area contributed by atoms with E-state index in [0.717, 1.165) is 23.2 Å². The molecule has 0 amide bonds. The van der Waals surface area contributed by atoms with Crippen LogP contribution in [0, 0.1) is 13.8 Å². The van der Waals surface area contributed by atoms with Crippen molar-refractivity contribution in [2.75, 3.05) is 12.3 Å².